The molecule has 0 bridgehead atoms. The molecule has 0 aliphatic carbocycles. The normalized spacial score (nSPS) is 11.8. The average molecular weight is 610 g/mol. The number of methoxy groups -OCH3 is 2. The Morgan fingerprint density at radius 2 is 1.70 bits per heavy atom. The standard InChI is InChI=1S/C33H27N3O5S2/c1-4-25(30(37)36-33-35-24(18-42-33)20-15-16-26(39-2)27(17-20)40-3)41-32(38)22-12-8-10-19-9-7-11-21(29(19)22)31-34-23-13-5-6-14-28(23)43-31/h5-18,25H,4H2,1-3H3,(H,35,36,37). The van der Waals surface area contributed by atoms with E-state index in [9.17, 15) is 9.59 Å². The number of esters is 1. The number of para-hydroxylation sites is 1. The highest BCUT2D eigenvalue weighted by Gasteiger charge is 2.25. The molecular formula is C33H27N3O5S2. The number of amides is 1. The first kappa shape index (κ1) is 28.3. The van der Waals surface area contributed by atoms with Crippen LogP contribution >= 0.6 is 22.7 Å². The van der Waals surface area contributed by atoms with Gasteiger partial charge in [-0.2, -0.15) is 0 Å². The Hall–Kier alpha value is -4.80. The molecule has 0 saturated carbocycles. The molecule has 1 amide bonds. The molecule has 1 unspecified atom stereocenters. The molecule has 43 heavy (non-hydrogen) atoms. The molecular weight excluding hydrogens is 583 g/mol. The molecule has 0 saturated heterocycles. The highest BCUT2D eigenvalue weighted by molar-refractivity contribution is 7.21. The Labute approximate surface area is 255 Å². The fourth-order valence-electron chi connectivity index (χ4n) is 4.84. The van der Waals surface area contributed by atoms with E-state index in [2.05, 4.69) is 10.3 Å². The van der Waals surface area contributed by atoms with Gasteiger partial charge in [-0.15, -0.1) is 22.7 Å². The van der Waals surface area contributed by atoms with Crippen molar-refractivity contribution in [3.05, 3.63) is 89.8 Å². The van der Waals surface area contributed by atoms with Gasteiger partial charge in [0.05, 0.1) is 35.7 Å². The second-order valence-electron chi connectivity index (χ2n) is 9.60. The van der Waals surface area contributed by atoms with Crippen molar-refractivity contribution < 1.29 is 23.8 Å². The van der Waals surface area contributed by atoms with E-state index in [1.807, 2.05) is 72.1 Å². The van der Waals surface area contributed by atoms with E-state index in [1.165, 1.54) is 11.3 Å². The van der Waals surface area contributed by atoms with Crippen LogP contribution in [0.5, 0.6) is 11.5 Å². The van der Waals surface area contributed by atoms with Crippen molar-refractivity contribution in [3.8, 4) is 33.3 Å². The number of hydrogen-bond donors (Lipinski definition) is 1. The first-order valence-electron chi connectivity index (χ1n) is 13.6. The van der Waals surface area contributed by atoms with Crippen LogP contribution in [-0.4, -0.2) is 42.2 Å². The summed E-state index contributed by atoms with van der Waals surface area (Å²) in [5.41, 5.74) is 3.61. The Bertz CT molecular complexity index is 1930. The Kier molecular flexibility index (Phi) is 8.04. The number of thiazole rings is 2. The van der Waals surface area contributed by atoms with Crippen LogP contribution in [0.1, 0.15) is 23.7 Å². The summed E-state index contributed by atoms with van der Waals surface area (Å²) in [6.45, 7) is 1.80. The maximum atomic E-state index is 13.6. The van der Waals surface area contributed by atoms with Crippen molar-refractivity contribution in [1.29, 1.82) is 0 Å². The first-order chi connectivity index (χ1) is 21.0. The summed E-state index contributed by atoms with van der Waals surface area (Å²) in [6.07, 6.45) is -0.716. The van der Waals surface area contributed by atoms with E-state index in [0.29, 0.717) is 34.3 Å². The van der Waals surface area contributed by atoms with Gasteiger partial charge >= 0.3 is 5.97 Å². The minimum atomic E-state index is -1.01. The van der Waals surface area contributed by atoms with Crippen molar-refractivity contribution in [1.82, 2.24) is 9.97 Å². The maximum Gasteiger partial charge on any atom is 0.339 e. The van der Waals surface area contributed by atoms with Crippen molar-refractivity contribution >= 4 is 60.7 Å². The molecule has 0 aliphatic rings. The quantitative estimate of drug-likeness (QED) is 0.167. The third-order valence-corrected chi connectivity index (χ3v) is 8.80. The van der Waals surface area contributed by atoms with Crippen molar-refractivity contribution in [2.45, 2.75) is 19.4 Å². The first-order valence-corrected chi connectivity index (χ1v) is 15.3. The number of hydrogen-bond acceptors (Lipinski definition) is 9. The number of nitrogens with one attached hydrogen (secondary N) is 1. The molecule has 1 N–H and O–H groups in total. The van der Waals surface area contributed by atoms with E-state index in [0.717, 1.165) is 37.1 Å². The molecule has 216 valence electrons. The van der Waals surface area contributed by atoms with Crippen LogP contribution in [0.25, 0.3) is 42.8 Å². The molecule has 0 radical (unpaired) electrons. The lowest BCUT2D eigenvalue weighted by Crippen LogP contribution is -2.32. The molecule has 0 aliphatic heterocycles. The van der Waals surface area contributed by atoms with E-state index in [-0.39, 0.29) is 0 Å². The summed E-state index contributed by atoms with van der Waals surface area (Å²) in [6, 6.07) is 24.8. The summed E-state index contributed by atoms with van der Waals surface area (Å²) in [4.78, 5) is 36.2. The van der Waals surface area contributed by atoms with Gasteiger partial charge in [0.2, 0.25) is 0 Å². The molecule has 2 heterocycles. The zero-order valence-corrected chi connectivity index (χ0v) is 25.3. The van der Waals surface area contributed by atoms with Crippen LogP contribution < -0.4 is 14.8 Å². The van der Waals surface area contributed by atoms with Crippen LogP contribution in [0.2, 0.25) is 0 Å². The number of rotatable bonds is 9. The summed E-state index contributed by atoms with van der Waals surface area (Å²) >= 11 is 2.85. The third kappa shape index (κ3) is 5.67. The molecule has 6 aromatic rings. The van der Waals surface area contributed by atoms with Gasteiger partial charge in [-0.1, -0.05) is 49.4 Å². The maximum absolute atomic E-state index is 13.6. The number of anilines is 1. The van der Waals surface area contributed by atoms with Gasteiger partial charge in [-0.3, -0.25) is 10.1 Å². The second-order valence-corrected chi connectivity index (χ2v) is 11.5. The van der Waals surface area contributed by atoms with Crippen molar-refractivity contribution in [2.75, 3.05) is 19.5 Å². The van der Waals surface area contributed by atoms with Gasteiger partial charge < -0.3 is 14.2 Å². The highest BCUT2D eigenvalue weighted by atomic mass is 32.1. The molecule has 0 spiro atoms. The Morgan fingerprint density at radius 1 is 0.907 bits per heavy atom. The van der Waals surface area contributed by atoms with Crippen molar-refractivity contribution in [2.24, 2.45) is 0 Å². The summed E-state index contributed by atoms with van der Waals surface area (Å²) < 4.78 is 17.6. The average Bonchev–Trinajstić information content (AvgIpc) is 3.69. The van der Waals surface area contributed by atoms with Gasteiger partial charge in [-0.25, -0.2) is 14.8 Å². The largest absolute Gasteiger partial charge is 0.493 e. The van der Waals surface area contributed by atoms with E-state index < -0.39 is 18.0 Å². The number of aromatic nitrogens is 2. The zero-order chi connectivity index (χ0) is 29.9. The molecule has 1 atom stereocenters. The number of nitrogens with zero attached hydrogens (tertiary/aromatic N) is 2. The summed E-state index contributed by atoms with van der Waals surface area (Å²) in [5.74, 6) is 0.166. The topological polar surface area (TPSA) is 99.6 Å². The third-order valence-electron chi connectivity index (χ3n) is 6.98. The van der Waals surface area contributed by atoms with E-state index in [4.69, 9.17) is 19.2 Å². The molecule has 4 aromatic carbocycles. The van der Waals surface area contributed by atoms with E-state index in [1.54, 1.807) is 44.6 Å². The van der Waals surface area contributed by atoms with Gasteiger partial charge in [0, 0.05) is 21.9 Å². The number of benzene rings is 4. The second kappa shape index (κ2) is 12.2. The van der Waals surface area contributed by atoms with Crippen LogP contribution in [0.15, 0.2) is 84.2 Å². The SMILES string of the molecule is CCC(OC(=O)c1cccc2cccc(-c3nc4ccccc4s3)c12)C(=O)Nc1nc(-c2ccc(OC)c(OC)c2)cs1. The summed E-state index contributed by atoms with van der Waals surface area (Å²) in [7, 11) is 3.15. The number of ether oxygens (including phenoxy) is 3. The molecule has 6 rings (SSSR count). The Morgan fingerprint density at radius 3 is 2.47 bits per heavy atom. The fourth-order valence-corrected chi connectivity index (χ4v) is 6.56. The predicted octanol–water partition coefficient (Wildman–Crippen LogP) is 7.83. The number of fused-ring (bicyclic) bond motifs is 2. The number of carbonyl (C=O) groups is 2. The predicted molar refractivity (Wildman–Crippen MR) is 171 cm³/mol. The summed E-state index contributed by atoms with van der Waals surface area (Å²) in [5, 5.41) is 7.47. The van der Waals surface area contributed by atoms with Crippen molar-refractivity contribution in [3.63, 3.8) is 0 Å². The monoisotopic (exact) mass is 609 g/mol. The fraction of sp³-hybridized carbons (Fsp3) is 0.152. The molecule has 10 heteroatoms. The lowest BCUT2D eigenvalue weighted by atomic mass is 9.99. The molecule has 2 aromatic heterocycles. The molecule has 0 fully saturated rings. The van der Waals surface area contributed by atoms with Crippen LogP contribution in [0.3, 0.4) is 0 Å². The lowest BCUT2D eigenvalue weighted by molar-refractivity contribution is -0.124. The zero-order valence-electron chi connectivity index (χ0n) is 23.6. The van der Waals surface area contributed by atoms with Gasteiger partial charge in [0.1, 0.15) is 5.01 Å². The van der Waals surface area contributed by atoms with Crippen LogP contribution in [0, 0.1) is 0 Å². The van der Waals surface area contributed by atoms with Gasteiger partial charge in [0.25, 0.3) is 5.91 Å². The highest BCUT2D eigenvalue weighted by Crippen LogP contribution is 2.37. The van der Waals surface area contributed by atoms with Crippen LogP contribution in [0.4, 0.5) is 5.13 Å². The van der Waals surface area contributed by atoms with E-state index >= 15 is 0 Å². The number of carbonyl (C=O) groups excluding carboxylic acids is 2. The van der Waals surface area contributed by atoms with Gasteiger partial charge in [0.15, 0.2) is 22.7 Å². The minimum Gasteiger partial charge on any atom is -0.493 e. The molecule has 8 nitrogen and oxygen atoms in total. The smallest absolute Gasteiger partial charge is 0.339 e. The van der Waals surface area contributed by atoms with Crippen LogP contribution in [-0.2, 0) is 9.53 Å². The van der Waals surface area contributed by atoms with Gasteiger partial charge in [-0.05, 0) is 48.2 Å². The lowest BCUT2D eigenvalue weighted by Gasteiger charge is -2.16. The Balaban J connectivity index is 1.23. The minimum absolute atomic E-state index is 0.293.